The second kappa shape index (κ2) is 10.2. The molecule has 0 atom stereocenters. The Morgan fingerprint density at radius 2 is 1.62 bits per heavy atom. The van der Waals surface area contributed by atoms with Gasteiger partial charge in [0.1, 0.15) is 12.4 Å². The Morgan fingerprint density at radius 1 is 0.846 bits per heavy atom. The fourth-order valence-corrected chi connectivity index (χ4v) is 3.78. The van der Waals surface area contributed by atoms with Crippen LogP contribution in [-0.4, -0.2) is 6.04 Å². The quantitative estimate of drug-likeness (QED) is 0.585. The lowest BCUT2D eigenvalue weighted by atomic mass is 9.96. The summed E-state index contributed by atoms with van der Waals surface area (Å²) < 4.78 is 5.93. The summed E-state index contributed by atoms with van der Waals surface area (Å²) in [6, 6.07) is 14.6. The summed E-state index contributed by atoms with van der Waals surface area (Å²) in [6.45, 7) is 1.38. The Balaban J connectivity index is 1.51. The molecule has 1 saturated carbocycles. The lowest BCUT2D eigenvalue weighted by Crippen LogP contribution is -2.29. The predicted octanol–water partition coefficient (Wildman–Crippen LogP) is 6.77. The zero-order valence-electron chi connectivity index (χ0n) is 15.1. The van der Waals surface area contributed by atoms with E-state index < -0.39 is 0 Å². The average molecular weight is 392 g/mol. The number of hydrogen-bond donors (Lipinski definition) is 1. The molecular formula is C22H27Cl2NO. The highest BCUT2D eigenvalue weighted by atomic mass is 35.5. The van der Waals surface area contributed by atoms with Gasteiger partial charge in [0.05, 0.1) is 10.0 Å². The minimum absolute atomic E-state index is 0.483. The molecule has 4 heteroatoms. The summed E-state index contributed by atoms with van der Waals surface area (Å²) >= 11 is 12.0. The summed E-state index contributed by atoms with van der Waals surface area (Å²) in [6.07, 6.45) is 9.48. The molecule has 0 radical (unpaired) electrons. The lowest BCUT2D eigenvalue weighted by Gasteiger charge is -2.21. The van der Waals surface area contributed by atoms with E-state index >= 15 is 0 Å². The summed E-state index contributed by atoms with van der Waals surface area (Å²) in [5.74, 6) is 0.882. The highest BCUT2D eigenvalue weighted by Crippen LogP contribution is 2.24. The molecule has 2 nitrogen and oxygen atoms in total. The molecule has 0 aromatic heterocycles. The van der Waals surface area contributed by atoms with Crippen molar-refractivity contribution in [2.75, 3.05) is 0 Å². The fourth-order valence-electron chi connectivity index (χ4n) is 3.46. The second-order valence-corrected chi connectivity index (χ2v) is 7.92. The first-order valence-corrected chi connectivity index (χ1v) is 10.4. The molecule has 140 valence electrons. The van der Waals surface area contributed by atoms with Gasteiger partial charge in [-0.05, 0) is 48.2 Å². The van der Waals surface area contributed by atoms with Crippen molar-refractivity contribution in [1.82, 2.24) is 5.32 Å². The number of benzene rings is 2. The highest BCUT2D eigenvalue weighted by molar-refractivity contribution is 6.42. The number of ether oxygens (including phenoxy) is 1. The van der Waals surface area contributed by atoms with Gasteiger partial charge in [-0.3, -0.25) is 0 Å². The number of halogens is 2. The van der Waals surface area contributed by atoms with E-state index in [9.17, 15) is 0 Å². The van der Waals surface area contributed by atoms with Crippen LogP contribution < -0.4 is 10.1 Å². The van der Waals surface area contributed by atoms with Crippen LogP contribution in [-0.2, 0) is 13.2 Å². The van der Waals surface area contributed by atoms with E-state index in [1.807, 2.05) is 18.2 Å². The van der Waals surface area contributed by atoms with E-state index in [2.05, 4.69) is 23.5 Å². The van der Waals surface area contributed by atoms with Crippen molar-refractivity contribution in [2.45, 2.75) is 64.1 Å². The standard InChI is InChI=1S/C22H27Cl2NO/c23-21-12-11-18(14-22(21)24)16-26-20-10-6-7-17(13-20)15-25-19-8-4-2-1-3-5-9-19/h6-7,10-14,19,25H,1-5,8-9,15-16H2. The molecule has 2 aromatic rings. The third-order valence-corrected chi connectivity index (χ3v) is 5.73. The highest BCUT2D eigenvalue weighted by Gasteiger charge is 2.10. The Bertz CT molecular complexity index is 696. The van der Waals surface area contributed by atoms with Crippen LogP contribution in [0.15, 0.2) is 42.5 Å². The first-order valence-electron chi connectivity index (χ1n) is 9.60. The predicted molar refractivity (Wildman–Crippen MR) is 110 cm³/mol. The molecule has 1 aliphatic carbocycles. The van der Waals surface area contributed by atoms with E-state index in [-0.39, 0.29) is 0 Å². The summed E-state index contributed by atoms with van der Waals surface area (Å²) in [5, 5.41) is 4.86. The maximum absolute atomic E-state index is 6.06. The second-order valence-electron chi connectivity index (χ2n) is 7.11. The van der Waals surface area contributed by atoms with Gasteiger partial charge in [-0.1, -0.05) is 73.5 Å². The van der Waals surface area contributed by atoms with Crippen LogP contribution in [0.3, 0.4) is 0 Å². The van der Waals surface area contributed by atoms with E-state index in [1.54, 1.807) is 6.07 Å². The van der Waals surface area contributed by atoms with Gasteiger partial charge < -0.3 is 10.1 Å². The Morgan fingerprint density at radius 3 is 2.38 bits per heavy atom. The van der Waals surface area contributed by atoms with Gasteiger partial charge in [-0.2, -0.15) is 0 Å². The number of nitrogens with one attached hydrogen (secondary N) is 1. The molecule has 0 spiro atoms. The molecule has 2 aromatic carbocycles. The third-order valence-electron chi connectivity index (χ3n) is 4.99. The van der Waals surface area contributed by atoms with Gasteiger partial charge in [-0.15, -0.1) is 0 Å². The number of hydrogen-bond acceptors (Lipinski definition) is 2. The zero-order chi connectivity index (χ0) is 18.2. The minimum atomic E-state index is 0.483. The van der Waals surface area contributed by atoms with Crippen molar-refractivity contribution in [3.8, 4) is 5.75 Å². The van der Waals surface area contributed by atoms with E-state index in [0.717, 1.165) is 17.9 Å². The van der Waals surface area contributed by atoms with Crippen LogP contribution in [0.4, 0.5) is 0 Å². The van der Waals surface area contributed by atoms with Gasteiger partial charge in [0.25, 0.3) is 0 Å². The Kier molecular flexibility index (Phi) is 7.67. The summed E-state index contributed by atoms with van der Waals surface area (Å²) in [7, 11) is 0. The first kappa shape index (κ1) is 19.5. The van der Waals surface area contributed by atoms with Gasteiger partial charge in [0.15, 0.2) is 0 Å². The van der Waals surface area contributed by atoms with Crippen LogP contribution in [0.25, 0.3) is 0 Å². The SMILES string of the molecule is Clc1ccc(COc2cccc(CNC3CCCCCCC3)c2)cc1Cl. The Labute approximate surface area is 166 Å². The zero-order valence-corrected chi connectivity index (χ0v) is 16.7. The van der Waals surface area contributed by atoms with Crippen LogP contribution >= 0.6 is 23.2 Å². The molecule has 0 bridgehead atoms. The third kappa shape index (κ3) is 6.19. The molecule has 1 N–H and O–H groups in total. The van der Waals surface area contributed by atoms with Crippen LogP contribution in [0, 0.1) is 0 Å². The van der Waals surface area contributed by atoms with Crippen molar-refractivity contribution in [2.24, 2.45) is 0 Å². The lowest BCUT2D eigenvalue weighted by molar-refractivity contribution is 0.305. The first-order chi connectivity index (χ1) is 12.7. The Hall–Kier alpha value is -1.22. The summed E-state index contributed by atoms with van der Waals surface area (Å²) in [5.41, 5.74) is 2.27. The van der Waals surface area contributed by atoms with Crippen molar-refractivity contribution < 1.29 is 4.74 Å². The van der Waals surface area contributed by atoms with E-state index in [1.165, 1.54) is 50.5 Å². The molecule has 1 fully saturated rings. The van der Waals surface area contributed by atoms with Crippen LogP contribution in [0.1, 0.15) is 56.1 Å². The van der Waals surface area contributed by atoms with Crippen molar-refractivity contribution >= 4 is 23.2 Å². The molecule has 0 amide bonds. The maximum Gasteiger partial charge on any atom is 0.120 e. The van der Waals surface area contributed by atoms with Crippen LogP contribution in [0.5, 0.6) is 5.75 Å². The van der Waals surface area contributed by atoms with Gasteiger partial charge >= 0.3 is 0 Å². The molecular weight excluding hydrogens is 365 g/mol. The van der Waals surface area contributed by atoms with Crippen molar-refractivity contribution in [3.05, 3.63) is 63.6 Å². The van der Waals surface area contributed by atoms with Crippen molar-refractivity contribution in [1.29, 1.82) is 0 Å². The average Bonchev–Trinajstić information content (AvgIpc) is 2.62. The fraction of sp³-hybridized carbons (Fsp3) is 0.455. The topological polar surface area (TPSA) is 21.3 Å². The molecule has 26 heavy (non-hydrogen) atoms. The largest absolute Gasteiger partial charge is 0.489 e. The molecule has 0 unspecified atom stereocenters. The molecule has 0 heterocycles. The number of rotatable bonds is 6. The minimum Gasteiger partial charge on any atom is -0.489 e. The smallest absolute Gasteiger partial charge is 0.120 e. The van der Waals surface area contributed by atoms with E-state index in [4.69, 9.17) is 27.9 Å². The van der Waals surface area contributed by atoms with E-state index in [0.29, 0.717) is 22.7 Å². The van der Waals surface area contributed by atoms with Crippen molar-refractivity contribution in [3.63, 3.8) is 0 Å². The molecule has 0 aliphatic heterocycles. The molecule has 1 aliphatic rings. The molecule has 3 rings (SSSR count). The van der Waals surface area contributed by atoms with Gasteiger partial charge in [0.2, 0.25) is 0 Å². The normalized spacial score (nSPS) is 16.1. The summed E-state index contributed by atoms with van der Waals surface area (Å²) in [4.78, 5) is 0. The van der Waals surface area contributed by atoms with Gasteiger partial charge in [-0.25, -0.2) is 0 Å². The van der Waals surface area contributed by atoms with Crippen LogP contribution in [0.2, 0.25) is 10.0 Å². The maximum atomic E-state index is 6.06. The molecule has 0 saturated heterocycles. The monoisotopic (exact) mass is 391 g/mol. The van der Waals surface area contributed by atoms with Gasteiger partial charge in [0, 0.05) is 12.6 Å².